The van der Waals surface area contributed by atoms with Gasteiger partial charge < -0.3 is 4.57 Å². The molecule has 25 heavy (non-hydrogen) atoms. The summed E-state index contributed by atoms with van der Waals surface area (Å²) in [6.07, 6.45) is 7.04. The van der Waals surface area contributed by atoms with E-state index in [1.54, 1.807) is 18.0 Å². The van der Waals surface area contributed by atoms with Crippen LogP contribution in [-0.2, 0) is 21.1 Å². The van der Waals surface area contributed by atoms with Gasteiger partial charge in [0.05, 0.1) is 10.8 Å². The Hall–Kier alpha value is -2.16. The van der Waals surface area contributed by atoms with Gasteiger partial charge in [-0.15, -0.1) is 48.2 Å². The van der Waals surface area contributed by atoms with E-state index in [4.69, 9.17) is 4.98 Å². The Kier molecular flexibility index (Phi) is 5.85. The van der Waals surface area contributed by atoms with Gasteiger partial charge in [0.2, 0.25) is 0 Å². The first-order valence-electron chi connectivity index (χ1n) is 7.52. The maximum absolute atomic E-state index is 4.71. The molecule has 3 aromatic heterocycles. The van der Waals surface area contributed by atoms with Crippen molar-refractivity contribution in [1.29, 1.82) is 0 Å². The van der Waals surface area contributed by atoms with Crippen molar-refractivity contribution in [3.63, 3.8) is 0 Å². The van der Waals surface area contributed by atoms with Gasteiger partial charge in [0, 0.05) is 6.20 Å². The summed E-state index contributed by atoms with van der Waals surface area (Å²) in [7, 11) is 0. The average molecular weight is 522 g/mol. The second-order valence-corrected chi connectivity index (χ2v) is 6.15. The first-order chi connectivity index (χ1) is 11.9. The Labute approximate surface area is 165 Å². The molecule has 0 N–H and O–H groups in total. The van der Waals surface area contributed by atoms with E-state index in [2.05, 4.69) is 17.2 Å². The van der Waals surface area contributed by atoms with Gasteiger partial charge in [0.25, 0.3) is 0 Å². The third kappa shape index (κ3) is 4.27. The molecule has 0 radical (unpaired) electrons. The number of hydrogen-bond donors (Lipinski definition) is 0. The van der Waals surface area contributed by atoms with E-state index >= 15 is 0 Å². The summed E-state index contributed by atoms with van der Waals surface area (Å²) in [5.74, 6) is 0.852. The zero-order chi connectivity index (χ0) is 16.2. The first-order valence-corrected chi connectivity index (χ1v) is 8.34. The van der Waals surface area contributed by atoms with Gasteiger partial charge >= 0.3 is 21.1 Å². The van der Waals surface area contributed by atoms with Crippen molar-refractivity contribution in [2.24, 2.45) is 0 Å². The Morgan fingerprint density at radius 3 is 2.64 bits per heavy atom. The molecule has 0 saturated carbocycles. The molecule has 0 aliphatic heterocycles. The molecule has 0 bridgehead atoms. The minimum Gasteiger partial charge on any atom is -0.435 e. The molecule has 124 valence electrons. The fourth-order valence-corrected chi connectivity index (χ4v) is 3.10. The average Bonchev–Trinajstić information content (AvgIpc) is 3.12. The second kappa shape index (κ2) is 8.28. The standard InChI is InChI=1S/C20H13N3S.Pt/c1-2-7-16(8-3-1)18-9-6-11-20(22-18)24-17-12-14-23(15-17)19-10-4-5-13-21-19;/h1-7,9-14H;/q-2;+2. The zero-order valence-corrected chi connectivity index (χ0v) is 16.2. The first kappa shape index (κ1) is 17.7. The predicted molar refractivity (Wildman–Crippen MR) is 95.0 cm³/mol. The van der Waals surface area contributed by atoms with Crippen LogP contribution in [0, 0.1) is 12.3 Å². The summed E-state index contributed by atoms with van der Waals surface area (Å²) in [5.41, 5.74) is 1.92. The molecule has 0 unspecified atom stereocenters. The van der Waals surface area contributed by atoms with Crippen LogP contribution in [0.2, 0.25) is 0 Å². The van der Waals surface area contributed by atoms with Crippen LogP contribution >= 0.6 is 11.8 Å². The number of rotatable bonds is 4. The molecule has 0 fully saturated rings. The molecule has 3 nitrogen and oxygen atoms in total. The molecule has 1 aromatic carbocycles. The Balaban J connectivity index is 0.00000182. The molecule has 5 heteroatoms. The van der Waals surface area contributed by atoms with Crippen molar-refractivity contribution in [3.8, 4) is 17.1 Å². The van der Waals surface area contributed by atoms with Crippen LogP contribution in [0.3, 0.4) is 0 Å². The predicted octanol–water partition coefficient (Wildman–Crippen LogP) is 4.68. The molecule has 0 amide bonds. The molecule has 0 aliphatic rings. The Bertz CT molecular complexity index is 939. The number of benzene rings is 1. The second-order valence-electron chi connectivity index (χ2n) is 5.09. The maximum Gasteiger partial charge on any atom is 2.00 e. The fourth-order valence-electron chi connectivity index (χ4n) is 2.31. The summed E-state index contributed by atoms with van der Waals surface area (Å²) in [6.45, 7) is 0. The molecular formula is C20H13N3PtS. The molecule has 0 aliphatic carbocycles. The monoisotopic (exact) mass is 522 g/mol. The maximum atomic E-state index is 4.71. The van der Waals surface area contributed by atoms with Crippen molar-refractivity contribution in [1.82, 2.24) is 14.5 Å². The van der Waals surface area contributed by atoms with Gasteiger partial charge in [0.15, 0.2) is 0 Å². The quantitative estimate of drug-likeness (QED) is 0.365. The van der Waals surface area contributed by atoms with Gasteiger partial charge in [0.1, 0.15) is 0 Å². The van der Waals surface area contributed by atoms with E-state index in [-0.39, 0.29) is 21.1 Å². The molecule has 0 atom stereocenters. The summed E-state index contributed by atoms with van der Waals surface area (Å²) < 4.78 is 1.89. The molecule has 0 saturated heterocycles. The SMILES string of the molecule is [Pt+2].[c-]1ccccc1-c1cccc(Sc2[c-]n(-c3ccccn3)cc2)n1. The summed E-state index contributed by atoms with van der Waals surface area (Å²) in [6, 6.07) is 24.9. The zero-order valence-electron chi connectivity index (χ0n) is 13.1. The van der Waals surface area contributed by atoms with Crippen LogP contribution < -0.4 is 0 Å². The number of nitrogens with zero attached hydrogens (tertiary/aromatic N) is 3. The summed E-state index contributed by atoms with van der Waals surface area (Å²) >= 11 is 1.58. The smallest absolute Gasteiger partial charge is 0.435 e. The molecule has 4 rings (SSSR count). The van der Waals surface area contributed by atoms with Crippen LogP contribution in [0.1, 0.15) is 0 Å². The van der Waals surface area contributed by atoms with Crippen LogP contribution in [0.5, 0.6) is 0 Å². The van der Waals surface area contributed by atoms with Crippen molar-refractivity contribution < 1.29 is 21.1 Å². The van der Waals surface area contributed by atoms with E-state index in [9.17, 15) is 0 Å². The van der Waals surface area contributed by atoms with Gasteiger partial charge in [-0.3, -0.25) is 9.97 Å². The van der Waals surface area contributed by atoms with E-state index in [0.717, 1.165) is 27.0 Å². The third-order valence-corrected chi connectivity index (χ3v) is 4.31. The minimum absolute atomic E-state index is 0. The molecule has 0 spiro atoms. The van der Waals surface area contributed by atoms with Crippen LogP contribution in [0.25, 0.3) is 17.1 Å². The largest absolute Gasteiger partial charge is 2.00 e. The molecular weight excluding hydrogens is 509 g/mol. The van der Waals surface area contributed by atoms with Crippen molar-refractivity contribution in [2.45, 2.75) is 9.92 Å². The fraction of sp³-hybridized carbons (Fsp3) is 0. The van der Waals surface area contributed by atoms with Crippen molar-refractivity contribution in [3.05, 3.63) is 91.4 Å². The minimum atomic E-state index is 0. The van der Waals surface area contributed by atoms with Gasteiger partial charge in [-0.25, -0.2) is 0 Å². The topological polar surface area (TPSA) is 30.7 Å². The summed E-state index contributed by atoms with van der Waals surface area (Å²) in [5, 5.41) is 0.930. The number of aromatic nitrogens is 3. The van der Waals surface area contributed by atoms with Crippen LogP contribution in [0.4, 0.5) is 0 Å². The van der Waals surface area contributed by atoms with E-state index in [1.807, 2.05) is 77.5 Å². The molecule has 3 heterocycles. The normalized spacial score (nSPS) is 10.2. The van der Waals surface area contributed by atoms with E-state index in [1.165, 1.54) is 0 Å². The van der Waals surface area contributed by atoms with Crippen LogP contribution in [-0.4, -0.2) is 14.5 Å². The van der Waals surface area contributed by atoms with Crippen LogP contribution in [0.15, 0.2) is 89.0 Å². The Morgan fingerprint density at radius 1 is 0.920 bits per heavy atom. The number of pyridine rings is 2. The number of hydrogen-bond acceptors (Lipinski definition) is 3. The van der Waals surface area contributed by atoms with Crippen molar-refractivity contribution in [2.75, 3.05) is 0 Å². The summed E-state index contributed by atoms with van der Waals surface area (Å²) in [4.78, 5) is 10.0. The van der Waals surface area contributed by atoms with Gasteiger partial charge in [-0.2, -0.15) is 0 Å². The Morgan fingerprint density at radius 2 is 1.84 bits per heavy atom. The van der Waals surface area contributed by atoms with Gasteiger partial charge in [-0.1, -0.05) is 47.1 Å². The third-order valence-electron chi connectivity index (χ3n) is 3.42. The van der Waals surface area contributed by atoms with E-state index < -0.39 is 0 Å². The van der Waals surface area contributed by atoms with E-state index in [0.29, 0.717) is 0 Å². The van der Waals surface area contributed by atoms with Crippen molar-refractivity contribution >= 4 is 11.8 Å². The molecule has 4 aromatic rings. The van der Waals surface area contributed by atoms with Gasteiger partial charge in [-0.05, 0) is 17.8 Å².